The molecule has 18 heavy (non-hydrogen) atoms. The lowest BCUT2D eigenvalue weighted by atomic mass is 10.0. The minimum Gasteiger partial charge on any atom is -0.458 e. The molecule has 0 radical (unpaired) electrons. The summed E-state index contributed by atoms with van der Waals surface area (Å²) in [6.07, 6.45) is 3.65. The highest BCUT2D eigenvalue weighted by atomic mass is 19.1. The van der Waals surface area contributed by atoms with E-state index in [2.05, 4.69) is 12.2 Å². The molecule has 0 aliphatic heterocycles. The second-order valence-electron chi connectivity index (χ2n) is 5.23. The lowest BCUT2D eigenvalue weighted by Crippen LogP contribution is -2.18. The Hall–Kier alpha value is -1.35. The van der Waals surface area contributed by atoms with Crippen molar-refractivity contribution in [2.45, 2.75) is 38.1 Å². The number of hydrogen-bond donors (Lipinski definition) is 1. The average molecular weight is 247 g/mol. The van der Waals surface area contributed by atoms with Gasteiger partial charge in [0, 0.05) is 17.3 Å². The summed E-state index contributed by atoms with van der Waals surface area (Å²) in [6.45, 7) is 3.13. The van der Waals surface area contributed by atoms with E-state index < -0.39 is 0 Å². The van der Waals surface area contributed by atoms with Crippen molar-refractivity contribution in [2.75, 3.05) is 6.54 Å². The van der Waals surface area contributed by atoms with Crippen molar-refractivity contribution >= 4 is 11.0 Å². The van der Waals surface area contributed by atoms with Gasteiger partial charge in [0.25, 0.3) is 0 Å². The van der Waals surface area contributed by atoms with E-state index >= 15 is 0 Å². The first-order valence-corrected chi connectivity index (χ1v) is 6.65. The van der Waals surface area contributed by atoms with Crippen LogP contribution in [0.1, 0.15) is 37.9 Å². The number of hydrogen-bond acceptors (Lipinski definition) is 2. The minimum atomic E-state index is -0.276. The number of benzene rings is 1. The van der Waals surface area contributed by atoms with Gasteiger partial charge in [-0.25, -0.2) is 4.39 Å². The lowest BCUT2D eigenvalue weighted by Gasteiger charge is -2.08. The van der Waals surface area contributed by atoms with E-state index in [1.807, 2.05) is 12.1 Å². The summed E-state index contributed by atoms with van der Waals surface area (Å²) >= 11 is 0. The molecule has 3 rings (SSSR count). The predicted octanol–water partition coefficient (Wildman–Crippen LogP) is 3.82. The lowest BCUT2D eigenvalue weighted by molar-refractivity contribution is 0.466. The first-order chi connectivity index (χ1) is 8.74. The van der Waals surface area contributed by atoms with E-state index in [0.717, 1.165) is 30.2 Å². The van der Waals surface area contributed by atoms with Crippen molar-refractivity contribution in [1.29, 1.82) is 0 Å². The van der Waals surface area contributed by atoms with Gasteiger partial charge in [-0.15, -0.1) is 0 Å². The van der Waals surface area contributed by atoms with E-state index in [1.165, 1.54) is 18.9 Å². The Balaban J connectivity index is 1.70. The molecule has 0 saturated heterocycles. The Morgan fingerprint density at radius 1 is 1.44 bits per heavy atom. The Morgan fingerprint density at radius 3 is 3.00 bits per heavy atom. The van der Waals surface area contributed by atoms with Gasteiger partial charge in [-0.2, -0.15) is 0 Å². The van der Waals surface area contributed by atoms with Crippen LogP contribution in [0.15, 0.2) is 28.7 Å². The Bertz CT molecular complexity index is 544. The quantitative estimate of drug-likeness (QED) is 0.869. The molecule has 1 fully saturated rings. The van der Waals surface area contributed by atoms with Gasteiger partial charge in [0.2, 0.25) is 0 Å². The van der Waals surface area contributed by atoms with E-state index in [1.54, 1.807) is 6.07 Å². The summed E-state index contributed by atoms with van der Waals surface area (Å²) in [5.41, 5.74) is 0.384. The summed E-state index contributed by atoms with van der Waals surface area (Å²) in [4.78, 5) is 0. The molecule has 96 valence electrons. The van der Waals surface area contributed by atoms with E-state index in [9.17, 15) is 4.39 Å². The molecular formula is C15H18FNO. The first kappa shape index (κ1) is 11.7. The molecule has 0 amide bonds. The van der Waals surface area contributed by atoms with Crippen molar-refractivity contribution in [3.05, 3.63) is 35.8 Å². The van der Waals surface area contributed by atoms with Crippen LogP contribution in [0, 0.1) is 5.82 Å². The monoisotopic (exact) mass is 247 g/mol. The molecule has 0 spiro atoms. The van der Waals surface area contributed by atoms with Crippen LogP contribution < -0.4 is 5.32 Å². The SMILES string of the molecule is CC(CCNC1CC1)c1cc2cccc(F)c2o1. The number of halogens is 1. The van der Waals surface area contributed by atoms with Gasteiger partial charge in [0.05, 0.1) is 0 Å². The highest BCUT2D eigenvalue weighted by Gasteiger charge is 2.20. The zero-order valence-corrected chi connectivity index (χ0v) is 10.6. The minimum absolute atomic E-state index is 0.276. The Kier molecular flexibility index (Phi) is 3.08. The molecule has 1 unspecified atom stereocenters. The topological polar surface area (TPSA) is 25.2 Å². The van der Waals surface area contributed by atoms with Crippen molar-refractivity contribution in [3.63, 3.8) is 0 Å². The van der Waals surface area contributed by atoms with Gasteiger partial charge in [-0.05, 0) is 37.9 Å². The average Bonchev–Trinajstić information content (AvgIpc) is 3.06. The van der Waals surface area contributed by atoms with Crippen LogP contribution in [0.3, 0.4) is 0 Å². The number of rotatable bonds is 5. The molecule has 2 aromatic rings. The highest BCUT2D eigenvalue weighted by molar-refractivity contribution is 5.78. The largest absolute Gasteiger partial charge is 0.458 e. The molecule has 2 nitrogen and oxygen atoms in total. The zero-order valence-electron chi connectivity index (χ0n) is 10.6. The van der Waals surface area contributed by atoms with Crippen molar-refractivity contribution < 1.29 is 8.81 Å². The zero-order chi connectivity index (χ0) is 12.5. The summed E-state index contributed by atoms with van der Waals surface area (Å²) in [7, 11) is 0. The van der Waals surface area contributed by atoms with Crippen LogP contribution in [-0.2, 0) is 0 Å². The van der Waals surface area contributed by atoms with Gasteiger partial charge in [-0.3, -0.25) is 0 Å². The van der Waals surface area contributed by atoms with E-state index in [-0.39, 0.29) is 5.82 Å². The number of nitrogens with one attached hydrogen (secondary N) is 1. The van der Waals surface area contributed by atoms with Gasteiger partial charge in [0.1, 0.15) is 5.76 Å². The van der Waals surface area contributed by atoms with Crippen LogP contribution in [0.4, 0.5) is 4.39 Å². The number of fused-ring (bicyclic) bond motifs is 1. The summed E-state index contributed by atoms with van der Waals surface area (Å²) in [5.74, 6) is 0.929. The van der Waals surface area contributed by atoms with Gasteiger partial charge in [-0.1, -0.05) is 19.1 Å². The smallest absolute Gasteiger partial charge is 0.169 e. The molecule has 1 saturated carbocycles. The molecule has 1 aliphatic carbocycles. The number of furan rings is 1. The second kappa shape index (κ2) is 4.73. The Morgan fingerprint density at radius 2 is 2.28 bits per heavy atom. The van der Waals surface area contributed by atoms with Gasteiger partial charge in [0.15, 0.2) is 11.4 Å². The molecule has 1 atom stereocenters. The molecule has 1 heterocycles. The second-order valence-corrected chi connectivity index (χ2v) is 5.23. The third-order valence-electron chi connectivity index (χ3n) is 3.59. The van der Waals surface area contributed by atoms with Crippen molar-refractivity contribution in [3.8, 4) is 0 Å². The van der Waals surface area contributed by atoms with Gasteiger partial charge >= 0.3 is 0 Å². The van der Waals surface area contributed by atoms with Crippen molar-refractivity contribution in [2.24, 2.45) is 0 Å². The highest BCUT2D eigenvalue weighted by Crippen LogP contribution is 2.28. The summed E-state index contributed by atoms with van der Waals surface area (Å²) in [5, 5.41) is 4.34. The number of para-hydroxylation sites is 1. The normalized spacial score (nSPS) is 17.2. The fourth-order valence-electron chi connectivity index (χ4n) is 2.22. The fraction of sp³-hybridized carbons (Fsp3) is 0.467. The maximum absolute atomic E-state index is 13.5. The van der Waals surface area contributed by atoms with Crippen LogP contribution in [0.5, 0.6) is 0 Å². The Labute approximate surface area is 106 Å². The van der Waals surface area contributed by atoms with Crippen LogP contribution >= 0.6 is 0 Å². The third kappa shape index (κ3) is 2.41. The van der Waals surface area contributed by atoms with Crippen LogP contribution in [-0.4, -0.2) is 12.6 Å². The molecule has 3 heteroatoms. The molecule has 1 N–H and O–H groups in total. The maximum atomic E-state index is 13.5. The molecule has 1 aliphatic rings. The first-order valence-electron chi connectivity index (χ1n) is 6.65. The molecule has 0 bridgehead atoms. The summed E-state index contributed by atoms with van der Waals surface area (Å²) in [6, 6.07) is 7.75. The van der Waals surface area contributed by atoms with Gasteiger partial charge < -0.3 is 9.73 Å². The van der Waals surface area contributed by atoms with E-state index in [4.69, 9.17) is 4.42 Å². The molecule has 1 aromatic heterocycles. The summed E-state index contributed by atoms with van der Waals surface area (Å²) < 4.78 is 19.2. The fourth-order valence-corrected chi connectivity index (χ4v) is 2.22. The van der Waals surface area contributed by atoms with Crippen molar-refractivity contribution in [1.82, 2.24) is 5.32 Å². The molecular weight excluding hydrogens is 229 g/mol. The third-order valence-corrected chi connectivity index (χ3v) is 3.59. The molecule has 1 aromatic carbocycles. The van der Waals surface area contributed by atoms with Crippen LogP contribution in [0.2, 0.25) is 0 Å². The maximum Gasteiger partial charge on any atom is 0.169 e. The van der Waals surface area contributed by atoms with E-state index in [0.29, 0.717) is 11.5 Å². The van der Waals surface area contributed by atoms with Crippen LogP contribution in [0.25, 0.3) is 11.0 Å². The predicted molar refractivity (Wildman–Crippen MR) is 70.2 cm³/mol. The standard InChI is InChI=1S/C15H18FNO/c1-10(7-8-17-12-5-6-12)14-9-11-3-2-4-13(16)15(11)18-14/h2-4,9-10,12,17H,5-8H2,1H3.